The van der Waals surface area contributed by atoms with Crippen LogP contribution in [-0.2, 0) is 0 Å². The highest BCUT2D eigenvalue weighted by atomic mass is 14.9. The van der Waals surface area contributed by atoms with Gasteiger partial charge in [0, 0.05) is 6.04 Å². The van der Waals surface area contributed by atoms with Gasteiger partial charge in [-0.15, -0.1) is 0 Å². The summed E-state index contributed by atoms with van der Waals surface area (Å²) in [6.07, 6.45) is 4.79. The first-order valence-corrected chi connectivity index (χ1v) is 5.37. The van der Waals surface area contributed by atoms with Crippen molar-refractivity contribution >= 4 is 0 Å². The van der Waals surface area contributed by atoms with E-state index < -0.39 is 0 Å². The van der Waals surface area contributed by atoms with Crippen LogP contribution in [0.2, 0.25) is 0 Å². The minimum Gasteiger partial charge on any atom is -0.312 e. The molecule has 2 unspecified atom stereocenters. The molecule has 0 radical (unpaired) electrons. The summed E-state index contributed by atoms with van der Waals surface area (Å²) < 4.78 is 0. The Labute approximate surface area is 81.3 Å². The first kappa shape index (κ1) is 10.5. The molecule has 0 saturated heterocycles. The smallest absolute Gasteiger partial charge is 0.0672 e. The summed E-state index contributed by atoms with van der Waals surface area (Å²) in [6, 6.07) is 2.87. The van der Waals surface area contributed by atoms with Crippen molar-refractivity contribution in [1.29, 1.82) is 5.26 Å². The van der Waals surface area contributed by atoms with Crippen LogP contribution in [0.15, 0.2) is 0 Å². The van der Waals surface area contributed by atoms with Gasteiger partial charge in [-0.3, -0.25) is 0 Å². The van der Waals surface area contributed by atoms with Crippen LogP contribution in [0.25, 0.3) is 0 Å². The molecule has 1 saturated carbocycles. The highest BCUT2D eigenvalue weighted by molar-refractivity contribution is 4.94. The van der Waals surface area contributed by atoms with Gasteiger partial charge in [-0.2, -0.15) is 5.26 Å². The van der Waals surface area contributed by atoms with Gasteiger partial charge in [0.1, 0.15) is 0 Å². The van der Waals surface area contributed by atoms with E-state index in [-0.39, 0.29) is 5.92 Å². The van der Waals surface area contributed by atoms with Gasteiger partial charge in [-0.1, -0.05) is 26.7 Å². The zero-order chi connectivity index (χ0) is 9.68. The maximum Gasteiger partial charge on any atom is 0.0672 e. The number of hydrogen-bond donors (Lipinski definition) is 1. The van der Waals surface area contributed by atoms with E-state index in [1.165, 1.54) is 19.3 Å². The van der Waals surface area contributed by atoms with E-state index in [9.17, 15) is 0 Å². The molecule has 0 bridgehead atoms. The van der Waals surface area contributed by atoms with Crippen molar-refractivity contribution in [3.8, 4) is 6.07 Å². The fourth-order valence-electron chi connectivity index (χ4n) is 1.92. The first-order chi connectivity index (χ1) is 6.24. The molecule has 1 aliphatic rings. The van der Waals surface area contributed by atoms with Crippen LogP contribution < -0.4 is 5.32 Å². The molecule has 0 aromatic carbocycles. The molecular weight excluding hydrogens is 160 g/mol. The van der Waals surface area contributed by atoms with Gasteiger partial charge in [0.15, 0.2) is 0 Å². The predicted molar refractivity (Wildman–Crippen MR) is 54.2 cm³/mol. The Morgan fingerprint density at radius 3 is 2.69 bits per heavy atom. The monoisotopic (exact) mass is 180 g/mol. The fourth-order valence-corrected chi connectivity index (χ4v) is 1.92. The van der Waals surface area contributed by atoms with Crippen LogP contribution in [0.4, 0.5) is 0 Å². The maximum absolute atomic E-state index is 8.94. The molecular formula is C11H20N2. The SMILES string of the molecule is CC(C)CNC1CCCCC1C#N. The Balaban J connectivity index is 2.33. The van der Waals surface area contributed by atoms with Crippen molar-refractivity contribution in [2.24, 2.45) is 11.8 Å². The lowest BCUT2D eigenvalue weighted by Crippen LogP contribution is -2.39. The maximum atomic E-state index is 8.94. The fraction of sp³-hybridized carbons (Fsp3) is 0.909. The molecule has 2 atom stereocenters. The largest absolute Gasteiger partial charge is 0.312 e. The van der Waals surface area contributed by atoms with Gasteiger partial charge in [0.25, 0.3) is 0 Å². The van der Waals surface area contributed by atoms with Crippen LogP contribution in [0.5, 0.6) is 0 Å². The second-order valence-corrected chi connectivity index (χ2v) is 4.43. The second-order valence-electron chi connectivity index (χ2n) is 4.43. The summed E-state index contributed by atoms with van der Waals surface area (Å²) in [5.74, 6) is 0.939. The standard InChI is InChI=1S/C11H20N2/c1-9(2)8-13-11-6-4-3-5-10(11)7-12/h9-11,13H,3-6,8H2,1-2H3. The van der Waals surface area contributed by atoms with Crippen molar-refractivity contribution in [2.75, 3.05) is 6.54 Å². The predicted octanol–water partition coefficient (Wildman–Crippen LogP) is 2.31. The van der Waals surface area contributed by atoms with E-state index in [1.807, 2.05) is 0 Å². The summed E-state index contributed by atoms with van der Waals surface area (Å²) in [5.41, 5.74) is 0. The van der Waals surface area contributed by atoms with E-state index in [1.54, 1.807) is 0 Å². The highest BCUT2D eigenvalue weighted by Gasteiger charge is 2.24. The summed E-state index contributed by atoms with van der Waals surface area (Å²) in [4.78, 5) is 0. The lowest BCUT2D eigenvalue weighted by Gasteiger charge is -2.28. The van der Waals surface area contributed by atoms with Crippen molar-refractivity contribution in [3.05, 3.63) is 0 Å². The summed E-state index contributed by atoms with van der Waals surface area (Å²) in [5, 5.41) is 12.4. The molecule has 0 aromatic heterocycles. The molecule has 1 aliphatic carbocycles. The molecule has 0 aromatic rings. The topological polar surface area (TPSA) is 35.8 Å². The molecule has 2 nitrogen and oxygen atoms in total. The van der Waals surface area contributed by atoms with Gasteiger partial charge >= 0.3 is 0 Å². The van der Waals surface area contributed by atoms with Crippen molar-refractivity contribution < 1.29 is 0 Å². The number of nitrogens with one attached hydrogen (secondary N) is 1. The van der Waals surface area contributed by atoms with E-state index in [0.717, 1.165) is 13.0 Å². The molecule has 13 heavy (non-hydrogen) atoms. The molecule has 1 fully saturated rings. The number of rotatable bonds is 3. The van der Waals surface area contributed by atoms with Crippen LogP contribution in [0.1, 0.15) is 39.5 Å². The van der Waals surface area contributed by atoms with Gasteiger partial charge in [-0.05, 0) is 25.3 Å². The Kier molecular flexibility index (Phi) is 4.24. The van der Waals surface area contributed by atoms with Crippen LogP contribution >= 0.6 is 0 Å². The Bertz CT molecular complexity index is 181. The quantitative estimate of drug-likeness (QED) is 0.723. The molecule has 1 N–H and O–H groups in total. The minimum atomic E-state index is 0.257. The van der Waals surface area contributed by atoms with Gasteiger partial charge in [0.2, 0.25) is 0 Å². The second kappa shape index (κ2) is 5.24. The van der Waals surface area contributed by atoms with Crippen LogP contribution in [-0.4, -0.2) is 12.6 Å². The first-order valence-electron chi connectivity index (χ1n) is 5.37. The average Bonchev–Trinajstić information content (AvgIpc) is 2.15. The lowest BCUT2D eigenvalue weighted by atomic mass is 9.85. The van der Waals surface area contributed by atoms with E-state index in [0.29, 0.717) is 12.0 Å². The van der Waals surface area contributed by atoms with Gasteiger partial charge in [-0.25, -0.2) is 0 Å². The van der Waals surface area contributed by atoms with Crippen LogP contribution in [0, 0.1) is 23.2 Å². The third-order valence-corrected chi connectivity index (χ3v) is 2.72. The Morgan fingerprint density at radius 1 is 1.38 bits per heavy atom. The van der Waals surface area contributed by atoms with E-state index >= 15 is 0 Å². The van der Waals surface area contributed by atoms with Crippen LogP contribution in [0.3, 0.4) is 0 Å². The molecule has 2 heteroatoms. The van der Waals surface area contributed by atoms with Crippen molar-refractivity contribution in [3.63, 3.8) is 0 Å². The summed E-state index contributed by atoms with van der Waals surface area (Å²) >= 11 is 0. The number of hydrogen-bond acceptors (Lipinski definition) is 2. The Morgan fingerprint density at radius 2 is 2.08 bits per heavy atom. The molecule has 0 amide bonds. The Hall–Kier alpha value is -0.550. The zero-order valence-corrected chi connectivity index (χ0v) is 8.71. The van der Waals surface area contributed by atoms with E-state index in [4.69, 9.17) is 5.26 Å². The third kappa shape index (κ3) is 3.36. The van der Waals surface area contributed by atoms with Crippen molar-refractivity contribution in [1.82, 2.24) is 5.32 Å². The van der Waals surface area contributed by atoms with E-state index in [2.05, 4.69) is 25.2 Å². The molecule has 74 valence electrons. The average molecular weight is 180 g/mol. The zero-order valence-electron chi connectivity index (χ0n) is 8.71. The summed E-state index contributed by atoms with van der Waals surface area (Å²) in [7, 11) is 0. The third-order valence-electron chi connectivity index (χ3n) is 2.72. The highest BCUT2D eigenvalue weighted by Crippen LogP contribution is 2.23. The number of nitriles is 1. The minimum absolute atomic E-state index is 0.257. The molecule has 1 rings (SSSR count). The lowest BCUT2D eigenvalue weighted by molar-refractivity contribution is 0.303. The molecule has 0 aliphatic heterocycles. The van der Waals surface area contributed by atoms with Crippen molar-refractivity contribution in [2.45, 2.75) is 45.6 Å². The number of nitrogens with zero attached hydrogens (tertiary/aromatic N) is 1. The van der Waals surface area contributed by atoms with Gasteiger partial charge < -0.3 is 5.32 Å². The molecule has 0 spiro atoms. The normalized spacial score (nSPS) is 28.8. The van der Waals surface area contributed by atoms with Gasteiger partial charge in [0.05, 0.1) is 12.0 Å². The summed E-state index contributed by atoms with van der Waals surface area (Å²) in [6.45, 7) is 5.46. The molecule has 0 heterocycles.